The number of pyridine rings is 1. The molecule has 5 rings (SSSR count). The van der Waals surface area contributed by atoms with Crippen molar-refractivity contribution in [1.29, 1.82) is 0 Å². The van der Waals surface area contributed by atoms with Gasteiger partial charge in [-0.1, -0.05) is 12.1 Å². The molecule has 0 unspecified atom stereocenters. The number of halogens is 7. The van der Waals surface area contributed by atoms with Gasteiger partial charge in [0.1, 0.15) is 17.2 Å². The quantitative estimate of drug-likeness (QED) is 0.184. The number of aryl methyl sites for hydroxylation is 1. The summed E-state index contributed by atoms with van der Waals surface area (Å²) < 4.78 is 112. The summed E-state index contributed by atoms with van der Waals surface area (Å²) in [6, 6.07) is 16.0. The second-order valence-corrected chi connectivity index (χ2v) is 13.2. The van der Waals surface area contributed by atoms with Gasteiger partial charge < -0.3 is 18.9 Å². The van der Waals surface area contributed by atoms with Crippen LogP contribution in [0.1, 0.15) is 16.1 Å². The number of fused-ring (bicyclic) bond motifs is 1. The number of carbonyl (C=O) groups is 1. The molecular weight excluding hydrogens is 704 g/mol. The van der Waals surface area contributed by atoms with Crippen LogP contribution in [0.15, 0.2) is 66.9 Å². The Morgan fingerprint density at radius 3 is 2.14 bits per heavy atom. The smallest absolute Gasteiger partial charge is 0.422 e. The van der Waals surface area contributed by atoms with Gasteiger partial charge in [0.15, 0.2) is 12.4 Å². The average Bonchev–Trinajstić information content (AvgIpc) is 3.34. The lowest BCUT2D eigenvalue weighted by atomic mass is 10.2. The molecule has 2 aromatic heterocycles. The third-order valence-electron chi connectivity index (χ3n) is 7.70. The van der Waals surface area contributed by atoms with E-state index >= 15 is 0 Å². The highest BCUT2D eigenvalue weighted by molar-refractivity contribution is 7.92. The number of hydrogen-bond donors (Lipinski definition) is 0. The van der Waals surface area contributed by atoms with Crippen molar-refractivity contribution in [1.82, 2.24) is 19.4 Å². The average molecular weight is 736 g/mol. The van der Waals surface area contributed by atoms with E-state index in [0.29, 0.717) is 54.0 Å². The number of rotatable bonds is 10. The van der Waals surface area contributed by atoms with Crippen LogP contribution in [-0.4, -0.2) is 91.6 Å². The van der Waals surface area contributed by atoms with Crippen LogP contribution in [0, 0.1) is 0 Å². The number of ether oxygens (including phenoxy) is 2. The summed E-state index contributed by atoms with van der Waals surface area (Å²) in [5.41, 5.74) is 2.01. The van der Waals surface area contributed by atoms with E-state index in [1.54, 1.807) is 52.9 Å². The Kier molecular flexibility index (Phi) is 11.3. The molecule has 2 aromatic carbocycles. The fourth-order valence-corrected chi connectivity index (χ4v) is 6.20. The number of alkyl halides is 6. The molecule has 1 saturated heterocycles. The molecule has 3 heterocycles. The molecule has 1 fully saturated rings. The summed E-state index contributed by atoms with van der Waals surface area (Å²) in [6.07, 6.45) is -8.20. The minimum atomic E-state index is -4.89. The number of carbonyl (C=O) groups excluding carboxylic acids is 1. The van der Waals surface area contributed by atoms with E-state index in [4.69, 9.17) is 9.47 Å². The van der Waals surface area contributed by atoms with Crippen LogP contribution in [-0.2, 0) is 23.6 Å². The molecule has 1 amide bonds. The van der Waals surface area contributed by atoms with Gasteiger partial charge in [-0.15, -0.1) is 12.4 Å². The van der Waals surface area contributed by atoms with Crippen LogP contribution in [0.25, 0.3) is 10.9 Å². The molecule has 0 spiro atoms. The number of piperazine rings is 1. The monoisotopic (exact) mass is 735 g/mol. The van der Waals surface area contributed by atoms with Crippen LogP contribution < -0.4 is 13.8 Å². The number of nitrogens with zero attached hydrogens (tertiary/aromatic N) is 5. The predicted octanol–water partition coefficient (Wildman–Crippen LogP) is 6.01. The topological polar surface area (TPSA) is 97.2 Å². The van der Waals surface area contributed by atoms with Gasteiger partial charge in [0, 0.05) is 64.3 Å². The lowest BCUT2D eigenvalue weighted by Gasteiger charge is -2.34. The molecule has 18 heteroatoms. The molecule has 0 bridgehead atoms. The Balaban J connectivity index is 0.00000541. The normalized spacial score (nSPS) is 14.4. The molecule has 1 aliphatic heterocycles. The molecule has 0 saturated carbocycles. The number of aromatic nitrogens is 2. The highest BCUT2D eigenvalue weighted by Crippen LogP contribution is 2.29. The van der Waals surface area contributed by atoms with E-state index in [2.05, 4.69) is 9.88 Å². The second-order valence-electron chi connectivity index (χ2n) is 11.2. The first kappa shape index (κ1) is 37.6. The maximum absolute atomic E-state index is 13.5. The van der Waals surface area contributed by atoms with Crippen LogP contribution in [0.4, 0.5) is 32.0 Å². The summed E-state index contributed by atoms with van der Waals surface area (Å²) in [4.78, 5) is 21.4. The molecular formula is C31H32ClF6N5O5S. The van der Waals surface area contributed by atoms with Gasteiger partial charge in [0.25, 0.3) is 5.91 Å². The van der Waals surface area contributed by atoms with Crippen molar-refractivity contribution in [3.05, 3.63) is 78.1 Å². The van der Waals surface area contributed by atoms with Crippen LogP contribution in [0.2, 0.25) is 0 Å². The van der Waals surface area contributed by atoms with Crippen molar-refractivity contribution in [2.45, 2.75) is 18.9 Å². The Labute approximate surface area is 284 Å². The lowest BCUT2D eigenvalue weighted by Crippen LogP contribution is -2.48. The molecule has 1 aliphatic rings. The first-order valence-corrected chi connectivity index (χ1v) is 16.2. The Hall–Kier alpha value is -4.22. The molecule has 0 aliphatic carbocycles. The summed E-state index contributed by atoms with van der Waals surface area (Å²) >= 11 is 0. The summed E-state index contributed by atoms with van der Waals surface area (Å²) in [7, 11) is -1.89. The van der Waals surface area contributed by atoms with Gasteiger partial charge in [0.05, 0.1) is 17.4 Å². The Morgan fingerprint density at radius 2 is 1.55 bits per heavy atom. The maximum Gasteiger partial charge on any atom is 0.422 e. The SMILES string of the molecule is CN(c1ccc(Oc2ccc3cc(C(=O)N4CCN(Cc5ccc(OCC(F)(F)F)cc5)CC4)n(C)c3c2)nc1)S(=O)(=O)CC(F)(F)F.Cl. The van der Waals surface area contributed by atoms with E-state index in [9.17, 15) is 39.6 Å². The van der Waals surface area contributed by atoms with E-state index in [-0.39, 0.29) is 35.6 Å². The molecule has 266 valence electrons. The molecule has 0 radical (unpaired) electrons. The number of benzene rings is 2. The van der Waals surface area contributed by atoms with Crippen molar-refractivity contribution in [3.63, 3.8) is 0 Å². The number of hydrogen-bond acceptors (Lipinski definition) is 7. The lowest BCUT2D eigenvalue weighted by molar-refractivity contribution is -0.153. The standard InChI is InChI=1S/C31H31F6N5O5S.ClH/c1-39-26-16-25(47-28-10-6-23(17-38-28)40(2)48(44,45)20-31(35,36)37)9-5-22(26)15-27(39)29(43)42-13-11-41(12-14-42)18-21-3-7-24(8-4-21)46-19-30(32,33)34;/h3-10,15-17H,11-14,18-20H2,1-2H3;1H. The molecule has 10 nitrogen and oxygen atoms in total. The molecule has 49 heavy (non-hydrogen) atoms. The molecule has 0 N–H and O–H groups in total. The molecule has 0 atom stereocenters. The fraction of sp³-hybridized carbons (Fsp3) is 0.355. The van der Waals surface area contributed by atoms with Gasteiger partial charge >= 0.3 is 12.4 Å². The van der Waals surface area contributed by atoms with Crippen molar-refractivity contribution in [3.8, 4) is 17.4 Å². The third-order valence-corrected chi connectivity index (χ3v) is 9.44. The van der Waals surface area contributed by atoms with E-state index in [1.807, 2.05) is 0 Å². The van der Waals surface area contributed by atoms with Crippen molar-refractivity contribution in [2.24, 2.45) is 7.05 Å². The zero-order chi connectivity index (χ0) is 34.9. The van der Waals surface area contributed by atoms with Crippen molar-refractivity contribution < 1.29 is 49.0 Å². The minimum absolute atomic E-state index is 0. The summed E-state index contributed by atoms with van der Waals surface area (Å²) in [6.45, 7) is 1.40. The van der Waals surface area contributed by atoms with E-state index in [0.717, 1.165) is 24.2 Å². The zero-order valence-corrected chi connectivity index (χ0v) is 27.8. The van der Waals surface area contributed by atoms with Crippen molar-refractivity contribution >= 4 is 44.9 Å². The maximum atomic E-state index is 13.5. The Bertz CT molecular complexity index is 1860. The number of anilines is 1. The fourth-order valence-electron chi connectivity index (χ4n) is 5.17. The van der Waals surface area contributed by atoms with Gasteiger partial charge in [-0.05, 0) is 42.0 Å². The van der Waals surface area contributed by atoms with Gasteiger partial charge in [-0.2, -0.15) is 26.3 Å². The third kappa shape index (κ3) is 9.70. The van der Waals surface area contributed by atoms with Gasteiger partial charge in [-0.3, -0.25) is 14.0 Å². The summed E-state index contributed by atoms with van der Waals surface area (Å²) in [5.74, 6) is -1.56. The van der Waals surface area contributed by atoms with Gasteiger partial charge in [0.2, 0.25) is 15.9 Å². The van der Waals surface area contributed by atoms with Gasteiger partial charge in [-0.25, -0.2) is 13.4 Å². The van der Waals surface area contributed by atoms with E-state index < -0.39 is 34.7 Å². The largest absolute Gasteiger partial charge is 0.484 e. The predicted molar refractivity (Wildman–Crippen MR) is 172 cm³/mol. The zero-order valence-electron chi connectivity index (χ0n) is 26.2. The first-order valence-electron chi connectivity index (χ1n) is 14.5. The second kappa shape index (κ2) is 14.7. The van der Waals surface area contributed by atoms with Crippen LogP contribution >= 0.6 is 12.4 Å². The first-order chi connectivity index (χ1) is 22.5. The highest BCUT2D eigenvalue weighted by atomic mass is 35.5. The highest BCUT2D eigenvalue weighted by Gasteiger charge is 2.37. The summed E-state index contributed by atoms with van der Waals surface area (Å²) in [5, 5.41) is 0.786. The number of sulfonamides is 1. The van der Waals surface area contributed by atoms with Crippen LogP contribution in [0.3, 0.4) is 0 Å². The van der Waals surface area contributed by atoms with Crippen molar-refractivity contribution in [2.75, 3.05) is 49.9 Å². The molecule has 4 aromatic rings. The number of amides is 1. The Morgan fingerprint density at radius 1 is 0.898 bits per heavy atom. The minimum Gasteiger partial charge on any atom is -0.484 e. The van der Waals surface area contributed by atoms with E-state index in [1.165, 1.54) is 24.3 Å². The van der Waals surface area contributed by atoms with Crippen LogP contribution in [0.5, 0.6) is 17.4 Å².